The molecule has 47 heavy (non-hydrogen) atoms. The van der Waals surface area contributed by atoms with Gasteiger partial charge in [-0.15, -0.1) is 10.2 Å². The Hall–Kier alpha value is -3.77. The van der Waals surface area contributed by atoms with Crippen molar-refractivity contribution < 1.29 is 18.0 Å². The Kier molecular flexibility index (Phi) is 7.94. The van der Waals surface area contributed by atoms with Gasteiger partial charge in [0.25, 0.3) is 5.91 Å². The summed E-state index contributed by atoms with van der Waals surface area (Å²) < 4.78 is 45.9. The van der Waals surface area contributed by atoms with Crippen LogP contribution in [0.15, 0.2) is 42.2 Å². The molecule has 1 unspecified atom stereocenters. The minimum atomic E-state index is -4.61. The first-order valence-electron chi connectivity index (χ1n) is 16.6. The number of likely N-dealkylation sites (N-methyl/N-ethyl adjacent to an activating group) is 1. The van der Waals surface area contributed by atoms with Crippen molar-refractivity contribution in [1.82, 2.24) is 29.5 Å². The molecule has 2 atom stereocenters. The van der Waals surface area contributed by atoms with E-state index in [-0.39, 0.29) is 29.8 Å². The fraction of sp³-hybridized carbons (Fsp3) is 0.543. The van der Waals surface area contributed by atoms with Crippen molar-refractivity contribution in [3.8, 4) is 0 Å². The van der Waals surface area contributed by atoms with Crippen LogP contribution >= 0.6 is 0 Å². The molecule has 0 spiro atoms. The number of aryl methyl sites for hydroxylation is 1. The first-order chi connectivity index (χ1) is 22.3. The zero-order chi connectivity index (χ0) is 33.2. The number of carbonyl (C=O) groups excluding carboxylic acids is 1. The smallest absolute Gasteiger partial charge is 0.367 e. The molecule has 2 aromatic heterocycles. The standard InChI is InChI=1S/C35H43F3N8O/c1-21(2)29-19-43(4)9-10-45(29)17-23-11-26-27(28(12-23)35(36,37)38)18-46(32(26)47)31-14-24(13-30(41-31)40-25-7-6-8-25)34(15-22(3)16-34)33-42-39-20-44(33)5/h11-15,20-21,25,29H,6-10,16-19H2,1-5H3,(H,40,41)/t29?,34-/m1/s1. The second kappa shape index (κ2) is 11.7. The Morgan fingerprint density at radius 3 is 2.49 bits per heavy atom. The van der Waals surface area contributed by atoms with Crippen LogP contribution in [0.5, 0.6) is 0 Å². The van der Waals surface area contributed by atoms with Crippen LogP contribution in [0.25, 0.3) is 0 Å². The predicted molar refractivity (Wildman–Crippen MR) is 174 cm³/mol. The van der Waals surface area contributed by atoms with Gasteiger partial charge in [0.05, 0.1) is 17.5 Å². The van der Waals surface area contributed by atoms with E-state index in [2.05, 4.69) is 59.2 Å². The topological polar surface area (TPSA) is 82.4 Å². The van der Waals surface area contributed by atoms with Crippen molar-refractivity contribution in [2.24, 2.45) is 13.0 Å². The van der Waals surface area contributed by atoms with E-state index in [1.54, 1.807) is 12.4 Å². The molecule has 4 aliphatic rings. The van der Waals surface area contributed by atoms with Crippen molar-refractivity contribution in [3.63, 3.8) is 0 Å². The van der Waals surface area contributed by atoms with E-state index in [1.165, 1.54) is 16.5 Å². The summed E-state index contributed by atoms with van der Waals surface area (Å²) >= 11 is 0. The first kappa shape index (κ1) is 31.8. The molecule has 1 N–H and O–H groups in total. The Labute approximate surface area is 273 Å². The van der Waals surface area contributed by atoms with Gasteiger partial charge in [-0.1, -0.05) is 25.5 Å². The molecule has 2 fully saturated rings. The molecule has 250 valence electrons. The number of aromatic nitrogens is 4. The number of halogens is 3. The maximum atomic E-state index is 14.7. The summed E-state index contributed by atoms with van der Waals surface area (Å²) in [5, 5.41) is 12.1. The first-order valence-corrected chi connectivity index (χ1v) is 16.6. The number of anilines is 2. The highest BCUT2D eigenvalue weighted by molar-refractivity contribution is 6.10. The highest BCUT2D eigenvalue weighted by Gasteiger charge is 2.45. The molecule has 2 aliphatic carbocycles. The van der Waals surface area contributed by atoms with E-state index >= 15 is 0 Å². The van der Waals surface area contributed by atoms with Gasteiger partial charge >= 0.3 is 6.18 Å². The van der Waals surface area contributed by atoms with Crippen LogP contribution in [0, 0.1) is 5.92 Å². The van der Waals surface area contributed by atoms with E-state index in [4.69, 9.17) is 4.98 Å². The van der Waals surface area contributed by atoms with Gasteiger partial charge in [0.15, 0.2) is 0 Å². The lowest BCUT2D eigenvalue weighted by Crippen LogP contribution is -2.53. The van der Waals surface area contributed by atoms with E-state index in [9.17, 15) is 18.0 Å². The molecular formula is C35H43F3N8O. The average molecular weight is 649 g/mol. The fourth-order valence-electron chi connectivity index (χ4n) is 7.78. The molecule has 1 saturated carbocycles. The van der Waals surface area contributed by atoms with Crippen molar-refractivity contribution in [2.45, 2.75) is 83.2 Å². The third kappa shape index (κ3) is 5.73. The molecule has 9 nitrogen and oxygen atoms in total. The van der Waals surface area contributed by atoms with Crippen molar-refractivity contribution in [3.05, 3.63) is 75.9 Å². The van der Waals surface area contributed by atoms with Crippen molar-refractivity contribution in [1.29, 1.82) is 0 Å². The van der Waals surface area contributed by atoms with Crippen LogP contribution < -0.4 is 10.2 Å². The number of carbonyl (C=O) groups is 1. The van der Waals surface area contributed by atoms with E-state index in [0.717, 1.165) is 50.3 Å². The van der Waals surface area contributed by atoms with Gasteiger partial charge in [-0.3, -0.25) is 14.6 Å². The second-order valence-corrected chi connectivity index (χ2v) is 14.4. The van der Waals surface area contributed by atoms with E-state index in [0.29, 0.717) is 36.1 Å². The number of rotatable bonds is 8. The third-order valence-corrected chi connectivity index (χ3v) is 10.5. The number of piperazine rings is 1. The Balaban J connectivity index is 1.28. The van der Waals surface area contributed by atoms with Gasteiger partial charge in [0.2, 0.25) is 0 Å². The fourth-order valence-corrected chi connectivity index (χ4v) is 7.78. The molecule has 1 saturated heterocycles. The highest BCUT2D eigenvalue weighted by Crippen LogP contribution is 2.48. The molecular weight excluding hydrogens is 605 g/mol. The molecule has 3 aromatic rings. The monoisotopic (exact) mass is 648 g/mol. The Morgan fingerprint density at radius 1 is 1.11 bits per heavy atom. The number of pyridine rings is 1. The maximum Gasteiger partial charge on any atom is 0.416 e. The minimum absolute atomic E-state index is 0.00754. The molecule has 0 bridgehead atoms. The van der Waals surface area contributed by atoms with Gasteiger partial charge in [0, 0.05) is 50.9 Å². The summed E-state index contributed by atoms with van der Waals surface area (Å²) in [7, 11) is 3.97. The van der Waals surface area contributed by atoms with Crippen LogP contribution in [0.3, 0.4) is 0 Å². The molecule has 1 amide bonds. The summed E-state index contributed by atoms with van der Waals surface area (Å²) in [5.41, 5.74) is 1.37. The molecule has 7 rings (SSSR count). The van der Waals surface area contributed by atoms with Gasteiger partial charge in [-0.05, 0) is 86.5 Å². The van der Waals surface area contributed by atoms with Crippen molar-refractivity contribution >= 4 is 17.5 Å². The van der Waals surface area contributed by atoms with E-state index < -0.39 is 23.1 Å². The largest absolute Gasteiger partial charge is 0.416 e. The maximum absolute atomic E-state index is 14.7. The number of allylic oxidation sites excluding steroid dienone is 2. The number of benzene rings is 1. The van der Waals surface area contributed by atoms with Crippen LogP contribution in [-0.2, 0) is 31.7 Å². The molecule has 2 aliphatic heterocycles. The van der Waals surface area contributed by atoms with Gasteiger partial charge in [0.1, 0.15) is 23.8 Å². The lowest BCUT2D eigenvalue weighted by molar-refractivity contribution is -0.138. The second-order valence-electron chi connectivity index (χ2n) is 14.4. The quantitative estimate of drug-likeness (QED) is 0.311. The van der Waals surface area contributed by atoms with Crippen molar-refractivity contribution in [2.75, 3.05) is 36.9 Å². The highest BCUT2D eigenvalue weighted by atomic mass is 19.4. The number of amides is 1. The summed E-state index contributed by atoms with van der Waals surface area (Å²) in [6, 6.07) is 7.25. The summed E-state index contributed by atoms with van der Waals surface area (Å²) in [5.74, 6) is 1.58. The minimum Gasteiger partial charge on any atom is -0.367 e. The van der Waals surface area contributed by atoms with Gasteiger partial charge in [-0.25, -0.2) is 4.98 Å². The molecule has 0 radical (unpaired) electrons. The number of nitrogens with zero attached hydrogens (tertiary/aromatic N) is 7. The lowest BCUT2D eigenvalue weighted by atomic mass is 9.66. The van der Waals surface area contributed by atoms with Crippen LogP contribution in [0.1, 0.15) is 84.9 Å². The summed E-state index contributed by atoms with van der Waals surface area (Å²) in [6.45, 7) is 8.97. The average Bonchev–Trinajstić information content (AvgIpc) is 3.55. The number of nitrogens with one attached hydrogen (secondary N) is 1. The number of hydrogen-bond donors (Lipinski definition) is 1. The van der Waals surface area contributed by atoms with E-state index in [1.807, 2.05) is 23.7 Å². The molecule has 1 aromatic carbocycles. The zero-order valence-electron chi connectivity index (χ0n) is 27.7. The molecule has 4 heterocycles. The van der Waals surface area contributed by atoms with Gasteiger partial charge < -0.3 is 14.8 Å². The van der Waals surface area contributed by atoms with Gasteiger partial charge in [-0.2, -0.15) is 13.2 Å². The molecule has 12 heteroatoms. The Bertz CT molecular complexity index is 1730. The SMILES string of the molecule is CC1=C[C@@](c2cc(NC3CCC3)nc(N3Cc4c(cc(CN5CCN(C)CC5C(C)C)cc4C(F)(F)F)C3=O)c2)(c2nncn2C)C1. The van der Waals surface area contributed by atoms with Crippen LogP contribution in [0.4, 0.5) is 24.8 Å². The third-order valence-electron chi connectivity index (χ3n) is 10.5. The number of alkyl halides is 3. The number of fused-ring (bicyclic) bond motifs is 1. The lowest BCUT2D eigenvalue weighted by Gasteiger charge is -2.42. The number of hydrogen-bond acceptors (Lipinski definition) is 7. The summed E-state index contributed by atoms with van der Waals surface area (Å²) in [6.07, 6.45) is 3.09. The van der Waals surface area contributed by atoms with Crippen LogP contribution in [0.2, 0.25) is 0 Å². The van der Waals surface area contributed by atoms with Crippen LogP contribution in [-0.4, -0.2) is 74.2 Å². The Morgan fingerprint density at radius 2 is 1.87 bits per heavy atom. The summed E-state index contributed by atoms with van der Waals surface area (Å²) in [4.78, 5) is 24.9. The predicted octanol–water partition coefficient (Wildman–Crippen LogP) is 5.76. The zero-order valence-corrected chi connectivity index (χ0v) is 27.7. The normalized spacial score (nSPS) is 23.9.